The molecule has 6 nitrogen and oxygen atoms in total. The van der Waals surface area contributed by atoms with Crippen molar-refractivity contribution >= 4 is 46.3 Å². The molecule has 8 heteroatoms. The lowest BCUT2D eigenvalue weighted by atomic mass is 10.2. The molecule has 2 N–H and O–H groups in total. The number of carbonyl (C=O) groups is 2. The van der Waals surface area contributed by atoms with Gasteiger partial charge in [0.2, 0.25) is 11.8 Å². The lowest BCUT2D eigenvalue weighted by Gasteiger charge is -2.08. The molecular formula is C22H23N3O3S2. The number of hydrogen-bond donors (Lipinski definition) is 2. The number of nitrogens with zero attached hydrogens (tertiary/aromatic N) is 1. The first kappa shape index (κ1) is 21.9. The van der Waals surface area contributed by atoms with Crippen molar-refractivity contribution < 1.29 is 14.3 Å². The van der Waals surface area contributed by atoms with E-state index in [0.717, 1.165) is 32.6 Å². The number of rotatable bonds is 8. The molecule has 0 atom stereocenters. The van der Waals surface area contributed by atoms with E-state index in [1.165, 1.54) is 23.1 Å². The Bertz CT molecular complexity index is 1030. The molecule has 0 fully saturated rings. The molecule has 0 saturated carbocycles. The Balaban J connectivity index is 1.47. The number of anilines is 2. The van der Waals surface area contributed by atoms with Crippen LogP contribution in [0.1, 0.15) is 16.8 Å². The summed E-state index contributed by atoms with van der Waals surface area (Å²) in [7, 11) is 1.62. The Morgan fingerprint density at radius 3 is 2.43 bits per heavy atom. The van der Waals surface area contributed by atoms with Gasteiger partial charge in [0.1, 0.15) is 5.75 Å². The van der Waals surface area contributed by atoms with Gasteiger partial charge in [-0.05, 0) is 49.7 Å². The van der Waals surface area contributed by atoms with E-state index in [9.17, 15) is 9.59 Å². The fourth-order valence-electron chi connectivity index (χ4n) is 2.72. The Morgan fingerprint density at radius 2 is 1.73 bits per heavy atom. The normalized spacial score (nSPS) is 10.5. The van der Waals surface area contributed by atoms with Gasteiger partial charge < -0.3 is 15.4 Å². The number of aryl methyl sites for hydroxylation is 2. The zero-order valence-electron chi connectivity index (χ0n) is 17.0. The number of carbonyl (C=O) groups excluding carboxylic acids is 2. The molecule has 0 aliphatic heterocycles. The average Bonchev–Trinajstić information content (AvgIpc) is 3.15. The van der Waals surface area contributed by atoms with Crippen LogP contribution in [0, 0.1) is 13.8 Å². The molecule has 1 heterocycles. The van der Waals surface area contributed by atoms with Crippen molar-refractivity contribution in [2.24, 2.45) is 0 Å². The van der Waals surface area contributed by atoms with E-state index in [2.05, 4.69) is 15.6 Å². The molecular weight excluding hydrogens is 418 g/mol. The molecule has 156 valence electrons. The minimum atomic E-state index is -0.140. The van der Waals surface area contributed by atoms with Gasteiger partial charge in [-0.15, -0.1) is 11.3 Å². The summed E-state index contributed by atoms with van der Waals surface area (Å²) in [6, 6.07) is 13.2. The third kappa shape index (κ3) is 6.33. The van der Waals surface area contributed by atoms with Crippen LogP contribution in [0.25, 0.3) is 0 Å². The first-order chi connectivity index (χ1) is 14.4. The standard InChI is InChI=1S/C22H23N3O3S2/c1-14-4-6-16(7-5-14)23-21(27)13-30-22-25-18(12-29-22)11-20(26)24-17-8-9-19(28-3)15(2)10-17/h4-10,12H,11,13H2,1-3H3,(H,23,27)(H,24,26). The quantitative estimate of drug-likeness (QED) is 0.496. The van der Waals surface area contributed by atoms with E-state index < -0.39 is 0 Å². The largest absolute Gasteiger partial charge is 0.496 e. The SMILES string of the molecule is COc1ccc(NC(=O)Cc2csc(SCC(=O)Nc3ccc(C)cc3)n2)cc1C. The summed E-state index contributed by atoms with van der Waals surface area (Å²) >= 11 is 2.79. The summed E-state index contributed by atoms with van der Waals surface area (Å²) in [5.74, 6) is 0.811. The molecule has 1 aromatic heterocycles. The van der Waals surface area contributed by atoms with Crippen LogP contribution < -0.4 is 15.4 Å². The Labute approximate surface area is 184 Å². The molecule has 0 saturated heterocycles. The minimum absolute atomic E-state index is 0.0896. The predicted molar refractivity (Wildman–Crippen MR) is 123 cm³/mol. The van der Waals surface area contributed by atoms with E-state index in [4.69, 9.17) is 4.74 Å². The second-order valence-corrected chi connectivity index (χ2v) is 8.80. The second-order valence-electron chi connectivity index (χ2n) is 6.72. The van der Waals surface area contributed by atoms with Gasteiger partial charge in [-0.3, -0.25) is 9.59 Å². The molecule has 0 aliphatic carbocycles. The summed E-state index contributed by atoms with van der Waals surface area (Å²) in [5, 5.41) is 7.58. The lowest BCUT2D eigenvalue weighted by Crippen LogP contribution is -2.15. The highest BCUT2D eigenvalue weighted by Gasteiger charge is 2.11. The number of thioether (sulfide) groups is 1. The molecule has 2 amide bonds. The van der Waals surface area contributed by atoms with Crippen molar-refractivity contribution in [3.05, 3.63) is 64.7 Å². The van der Waals surface area contributed by atoms with Gasteiger partial charge in [0.05, 0.1) is 25.0 Å². The number of thiazole rings is 1. The summed E-state index contributed by atoms with van der Waals surface area (Å²) in [4.78, 5) is 28.9. The maximum absolute atomic E-state index is 12.3. The maximum Gasteiger partial charge on any atom is 0.234 e. The van der Waals surface area contributed by atoms with E-state index >= 15 is 0 Å². The second kappa shape index (κ2) is 10.3. The monoisotopic (exact) mass is 441 g/mol. The zero-order valence-corrected chi connectivity index (χ0v) is 18.7. The highest BCUT2D eigenvalue weighted by atomic mass is 32.2. The van der Waals surface area contributed by atoms with Crippen molar-refractivity contribution in [3.63, 3.8) is 0 Å². The average molecular weight is 442 g/mol. The fourth-order valence-corrected chi connectivity index (χ4v) is 4.37. The van der Waals surface area contributed by atoms with Crippen LogP contribution in [0.15, 0.2) is 52.2 Å². The number of benzene rings is 2. The van der Waals surface area contributed by atoms with Crippen LogP contribution in [0.2, 0.25) is 0 Å². The Morgan fingerprint density at radius 1 is 1.03 bits per heavy atom. The molecule has 0 radical (unpaired) electrons. The summed E-state index contributed by atoms with van der Waals surface area (Å²) in [6.07, 6.45) is 0.178. The van der Waals surface area contributed by atoms with Gasteiger partial charge in [-0.2, -0.15) is 0 Å². The van der Waals surface area contributed by atoms with Crippen LogP contribution in [0.3, 0.4) is 0 Å². The zero-order chi connectivity index (χ0) is 21.5. The number of methoxy groups -OCH3 is 1. The first-order valence-corrected chi connectivity index (χ1v) is 11.2. The number of aromatic nitrogens is 1. The molecule has 30 heavy (non-hydrogen) atoms. The Hall–Kier alpha value is -2.84. The molecule has 2 aromatic carbocycles. The van der Waals surface area contributed by atoms with Crippen molar-refractivity contribution in [1.82, 2.24) is 4.98 Å². The minimum Gasteiger partial charge on any atom is -0.496 e. The molecule has 0 unspecified atom stereocenters. The van der Waals surface area contributed by atoms with Crippen LogP contribution in [-0.4, -0.2) is 29.7 Å². The predicted octanol–water partition coefficient (Wildman–Crippen LogP) is 4.68. The highest BCUT2D eigenvalue weighted by Crippen LogP contribution is 2.24. The molecule has 3 aromatic rings. The fraction of sp³-hybridized carbons (Fsp3) is 0.227. The molecule has 0 bridgehead atoms. The number of nitrogens with one attached hydrogen (secondary N) is 2. The van der Waals surface area contributed by atoms with E-state index in [1.54, 1.807) is 13.2 Å². The molecule has 0 aliphatic rings. The number of hydrogen-bond acceptors (Lipinski definition) is 6. The Kier molecular flexibility index (Phi) is 7.48. The van der Waals surface area contributed by atoms with Gasteiger partial charge in [-0.25, -0.2) is 4.98 Å². The lowest BCUT2D eigenvalue weighted by molar-refractivity contribution is -0.116. The van der Waals surface area contributed by atoms with Gasteiger partial charge in [-0.1, -0.05) is 29.5 Å². The number of ether oxygens (including phenoxy) is 1. The maximum atomic E-state index is 12.3. The van der Waals surface area contributed by atoms with Gasteiger partial charge in [0.25, 0.3) is 0 Å². The number of amides is 2. The van der Waals surface area contributed by atoms with Crippen molar-refractivity contribution in [1.29, 1.82) is 0 Å². The van der Waals surface area contributed by atoms with E-state index in [0.29, 0.717) is 5.69 Å². The third-order valence-electron chi connectivity index (χ3n) is 4.21. The summed E-state index contributed by atoms with van der Waals surface area (Å²) in [6.45, 7) is 3.92. The first-order valence-electron chi connectivity index (χ1n) is 9.31. The molecule has 0 spiro atoms. The topological polar surface area (TPSA) is 80.3 Å². The highest BCUT2D eigenvalue weighted by molar-refractivity contribution is 8.01. The van der Waals surface area contributed by atoms with Crippen molar-refractivity contribution in [2.75, 3.05) is 23.5 Å². The van der Waals surface area contributed by atoms with E-state index in [-0.39, 0.29) is 24.0 Å². The van der Waals surface area contributed by atoms with Crippen LogP contribution in [0.4, 0.5) is 11.4 Å². The van der Waals surface area contributed by atoms with Crippen molar-refractivity contribution in [2.45, 2.75) is 24.6 Å². The molecule has 3 rings (SSSR count). The third-order valence-corrected chi connectivity index (χ3v) is 6.28. The van der Waals surface area contributed by atoms with Crippen LogP contribution in [0.5, 0.6) is 5.75 Å². The van der Waals surface area contributed by atoms with E-state index in [1.807, 2.05) is 55.6 Å². The summed E-state index contributed by atoms with van der Waals surface area (Å²) < 4.78 is 5.99. The van der Waals surface area contributed by atoms with Gasteiger partial charge in [0.15, 0.2) is 4.34 Å². The van der Waals surface area contributed by atoms with Crippen LogP contribution >= 0.6 is 23.1 Å². The van der Waals surface area contributed by atoms with Crippen molar-refractivity contribution in [3.8, 4) is 5.75 Å². The summed E-state index contributed by atoms with van der Waals surface area (Å²) in [5.41, 5.74) is 4.27. The van der Waals surface area contributed by atoms with Crippen LogP contribution in [-0.2, 0) is 16.0 Å². The smallest absolute Gasteiger partial charge is 0.234 e. The van der Waals surface area contributed by atoms with Gasteiger partial charge >= 0.3 is 0 Å². The van der Waals surface area contributed by atoms with Gasteiger partial charge in [0, 0.05) is 16.8 Å².